The fourth-order valence-electron chi connectivity index (χ4n) is 1.77. The summed E-state index contributed by atoms with van der Waals surface area (Å²) >= 11 is 1.67. The molecule has 2 rings (SSSR count). The van der Waals surface area contributed by atoms with E-state index in [1.165, 1.54) is 4.68 Å². The van der Waals surface area contributed by atoms with Crippen LogP contribution in [0.2, 0.25) is 0 Å². The van der Waals surface area contributed by atoms with Crippen LogP contribution in [-0.2, 0) is 13.0 Å². The molecule has 0 aliphatic rings. The highest BCUT2D eigenvalue weighted by atomic mass is 32.1. The summed E-state index contributed by atoms with van der Waals surface area (Å²) in [4.78, 5) is 16.2. The number of rotatable bonds is 5. The van der Waals surface area contributed by atoms with E-state index in [0.29, 0.717) is 12.5 Å². The molecule has 0 aliphatic heterocycles. The first kappa shape index (κ1) is 13.9. The maximum absolute atomic E-state index is 11.7. The molecule has 0 aromatic carbocycles. The highest BCUT2D eigenvalue weighted by Gasteiger charge is 2.06. The first-order valence-corrected chi connectivity index (χ1v) is 7.40. The Morgan fingerprint density at radius 2 is 2.16 bits per heavy atom. The maximum atomic E-state index is 11.7. The van der Waals surface area contributed by atoms with Crippen LogP contribution in [0.15, 0.2) is 22.3 Å². The number of thiazole rings is 1. The molecule has 2 heterocycles. The zero-order chi connectivity index (χ0) is 13.8. The van der Waals surface area contributed by atoms with Gasteiger partial charge in [0.05, 0.1) is 22.9 Å². The third kappa shape index (κ3) is 3.99. The Morgan fingerprint density at radius 1 is 1.37 bits per heavy atom. The Labute approximate surface area is 117 Å². The SMILES string of the molecule is Cc1ccc(=O)n(Cc2csc(CCC(C)C)n2)n1. The molecule has 0 saturated carbocycles. The summed E-state index contributed by atoms with van der Waals surface area (Å²) in [6.07, 6.45) is 2.16. The van der Waals surface area contributed by atoms with Gasteiger partial charge < -0.3 is 0 Å². The zero-order valence-electron chi connectivity index (χ0n) is 11.6. The van der Waals surface area contributed by atoms with Crippen molar-refractivity contribution in [1.29, 1.82) is 0 Å². The molecular formula is C14H19N3OS. The van der Waals surface area contributed by atoms with Crippen LogP contribution in [0.1, 0.15) is 36.7 Å². The summed E-state index contributed by atoms with van der Waals surface area (Å²) in [5, 5.41) is 7.38. The van der Waals surface area contributed by atoms with Gasteiger partial charge in [-0.1, -0.05) is 13.8 Å². The summed E-state index contributed by atoms with van der Waals surface area (Å²) < 4.78 is 1.47. The van der Waals surface area contributed by atoms with Crippen molar-refractivity contribution in [2.75, 3.05) is 0 Å². The molecule has 0 radical (unpaired) electrons. The van der Waals surface area contributed by atoms with E-state index in [2.05, 4.69) is 23.9 Å². The van der Waals surface area contributed by atoms with Crippen molar-refractivity contribution in [2.24, 2.45) is 5.92 Å². The van der Waals surface area contributed by atoms with Crippen molar-refractivity contribution in [1.82, 2.24) is 14.8 Å². The van der Waals surface area contributed by atoms with Gasteiger partial charge in [0.1, 0.15) is 0 Å². The summed E-state index contributed by atoms with van der Waals surface area (Å²) in [5.74, 6) is 0.688. The molecule has 19 heavy (non-hydrogen) atoms. The van der Waals surface area contributed by atoms with Crippen LogP contribution in [0.5, 0.6) is 0 Å². The van der Waals surface area contributed by atoms with Gasteiger partial charge in [-0.3, -0.25) is 4.79 Å². The molecule has 0 bridgehead atoms. The van der Waals surface area contributed by atoms with Gasteiger partial charge in [-0.15, -0.1) is 11.3 Å². The predicted octanol–water partition coefficient (Wildman–Crippen LogP) is 2.65. The van der Waals surface area contributed by atoms with E-state index in [4.69, 9.17) is 0 Å². The largest absolute Gasteiger partial charge is 0.268 e. The fourth-order valence-corrected chi connectivity index (χ4v) is 2.57. The Morgan fingerprint density at radius 3 is 2.89 bits per heavy atom. The molecule has 2 aromatic heterocycles. The quantitative estimate of drug-likeness (QED) is 0.844. The third-order valence-corrected chi connectivity index (χ3v) is 3.80. The normalized spacial score (nSPS) is 11.2. The fraction of sp³-hybridized carbons (Fsp3) is 0.500. The number of aromatic nitrogens is 3. The standard InChI is InChI=1S/C14H19N3OS/c1-10(2)4-6-13-15-12(9-19-13)8-17-14(18)7-5-11(3)16-17/h5,7,9-10H,4,6,8H2,1-3H3. The minimum Gasteiger partial charge on any atom is -0.268 e. The molecule has 0 unspecified atom stereocenters. The number of hydrogen-bond donors (Lipinski definition) is 0. The van der Waals surface area contributed by atoms with Gasteiger partial charge in [0.15, 0.2) is 0 Å². The van der Waals surface area contributed by atoms with E-state index in [-0.39, 0.29) is 5.56 Å². The van der Waals surface area contributed by atoms with Gasteiger partial charge in [-0.05, 0) is 31.7 Å². The second-order valence-electron chi connectivity index (χ2n) is 5.14. The van der Waals surface area contributed by atoms with Crippen LogP contribution in [-0.4, -0.2) is 14.8 Å². The van der Waals surface area contributed by atoms with Crippen LogP contribution >= 0.6 is 11.3 Å². The third-order valence-electron chi connectivity index (χ3n) is 2.85. The smallest absolute Gasteiger partial charge is 0.267 e. The van der Waals surface area contributed by atoms with Crippen molar-refractivity contribution in [3.8, 4) is 0 Å². The van der Waals surface area contributed by atoms with E-state index in [1.807, 2.05) is 12.3 Å². The molecule has 0 spiro atoms. The summed E-state index contributed by atoms with van der Waals surface area (Å²) in [6, 6.07) is 3.28. The average Bonchev–Trinajstić information content (AvgIpc) is 2.79. The predicted molar refractivity (Wildman–Crippen MR) is 77.6 cm³/mol. The van der Waals surface area contributed by atoms with E-state index in [0.717, 1.165) is 29.2 Å². The number of hydrogen-bond acceptors (Lipinski definition) is 4. The lowest BCUT2D eigenvalue weighted by Gasteiger charge is -2.02. The van der Waals surface area contributed by atoms with Crippen molar-refractivity contribution in [3.05, 3.63) is 44.3 Å². The summed E-state index contributed by atoms with van der Waals surface area (Å²) in [7, 11) is 0. The topological polar surface area (TPSA) is 47.8 Å². The minimum absolute atomic E-state index is 0.0812. The van der Waals surface area contributed by atoms with Crippen LogP contribution in [0.25, 0.3) is 0 Å². The molecule has 102 valence electrons. The van der Waals surface area contributed by atoms with Gasteiger partial charge in [0.25, 0.3) is 5.56 Å². The van der Waals surface area contributed by atoms with E-state index in [9.17, 15) is 4.79 Å². The monoisotopic (exact) mass is 277 g/mol. The lowest BCUT2D eigenvalue weighted by Crippen LogP contribution is -2.23. The molecule has 0 amide bonds. The Hall–Kier alpha value is -1.49. The maximum Gasteiger partial charge on any atom is 0.267 e. The minimum atomic E-state index is -0.0812. The van der Waals surface area contributed by atoms with Crippen molar-refractivity contribution in [3.63, 3.8) is 0 Å². The van der Waals surface area contributed by atoms with Crippen LogP contribution in [0.3, 0.4) is 0 Å². The van der Waals surface area contributed by atoms with Gasteiger partial charge in [-0.25, -0.2) is 9.67 Å². The van der Waals surface area contributed by atoms with Crippen LogP contribution in [0, 0.1) is 12.8 Å². The van der Waals surface area contributed by atoms with Gasteiger partial charge in [-0.2, -0.15) is 5.10 Å². The van der Waals surface area contributed by atoms with Gasteiger partial charge in [0, 0.05) is 11.4 Å². The van der Waals surface area contributed by atoms with Crippen molar-refractivity contribution < 1.29 is 0 Å². The van der Waals surface area contributed by atoms with E-state index in [1.54, 1.807) is 23.5 Å². The van der Waals surface area contributed by atoms with Crippen LogP contribution in [0.4, 0.5) is 0 Å². The summed E-state index contributed by atoms with van der Waals surface area (Å²) in [6.45, 7) is 6.76. The molecular weight excluding hydrogens is 258 g/mol. The van der Waals surface area contributed by atoms with E-state index < -0.39 is 0 Å². The molecule has 0 N–H and O–H groups in total. The highest BCUT2D eigenvalue weighted by molar-refractivity contribution is 7.09. The van der Waals surface area contributed by atoms with Gasteiger partial charge >= 0.3 is 0 Å². The Kier molecular flexibility index (Phi) is 4.47. The van der Waals surface area contributed by atoms with E-state index >= 15 is 0 Å². The number of aryl methyl sites for hydroxylation is 2. The molecule has 4 nitrogen and oxygen atoms in total. The lowest BCUT2D eigenvalue weighted by atomic mass is 10.1. The summed E-state index contributed by atoms with van der Waals surface area (Å²) in [5.41, 5.74) is 1.68. The number of nitrogens with zero attached hydrogens (tertiary/aromatic N) is 3. The molecule has 2 aromatic rings. The van der Waals surface area contributed by atoms with Crippen LogP contribution < -0.4 is 5.56 Å². The lowest BCUT2D eigenvalue weighted by molar-refractivity contribution is 0.582. The second kappa shape index (κ2) is 6.10. The van der Waals surface area contributed by atoms with Crippen molar-refractivity contribution >= 4 is 11.3 Å². The second-order valence-corrected chi connectivity index (χ2v) is 6.08. The Balaban J connectivity index is 2.07. The molecule has 0 atom stereocenters. The first-order chi connectivity index (χ1) is 9.04. The average molecular weight is 277 g/mol. The first-order valence-electron chi connectivity index (χ1n) is 6.52. The molecule has 0 saturated heterocycles. The molecule has 0 aliphatic carbocycles. The molecule has 0 fully saturated rings. The van der Waals surface area contributed by atoms with Gasteiger partial charge in [0.2, 0.25) is 0 Å². The zero-order valence-corrected chi connectivity index (χ0v) is 12.4. The highest BCUT2D eigenvalue weighted by Crippen LogP contribution is 2.14. The Bertz CT molecular complexity index is 601. The molecule has 5 heteroatoms. The van der Waals surface area contributed by atoms with Crippen molar-refractivity contribution in [2.45, 2.75) is 40.2 Å².